The van der Waals surface area contributed by atoms with Gasteiger partial charge in [-0.3, -0.25) is 0 Å². The quantitative estimate of drug-likeness (QED) is 0.874. The van der Waals surface area contributed by atoms with Gasteiger partial charge < -0.3 is 5.11 Å². The van der Waals surface area contributed by atoms with Crippen LogP contribution in [-0.4, -0.2) is 15.1 Å². The molecule has 16 heavy (non-hydrogen) atoms. The second-order valence-corrected chi connectivity index (χ2v) is 3.68. The van der Waals surface area contributed by atoms with E-state index in [9.17, 15) is 9.50 Å². The molecule has 0 saturated carbocycles. The Balaban J connectivity index is 2.38. The van der Waals surface area contributed by atoms with Gasteiger partial charge in [-0.2, -0.15) is 0 Å². The number of nitrogens with zero attached hydrogens (tertiary/aromatic N) is 2. The molecule has 0 aliphatic rings. The van der Waals surface area contributed by atoms with Crippen LogP contribution in [0.4, 0.5) is 4.39 Å². The number of aliphatic hydroxyl groups is 1. The highest BCUT2D eigenvalue weighted by atomic mass is 35.5. The summed E-state index contributed by atoms with van der Waals surface area (Å²) in [7, 11) is 0. The largest absolute Gasteiger partial charge is 0.383 e. The fraction of sp³-hybridized carbons (Fsp3) is 0.0909. The first-order chi connectivity index (χ1) is 7.68. The molecule has 0 aliphatic carbocycles. The second kappa shape index (κ2) is 4.55. The molecule has 0 bridgehead atoms. The standard InChI is InChI=1S/C11H8ClFN2O/c12-8-1-2-9(10(13)3-8)11(16)7-4-14-6-15-5-7/h1-6,11,16H. The van der Waals surface area contributed by atoms with Crippen LogP contribution in [0.3, 0.4) is 0 Å². The zero-order valence-electron chi connectivity index (χ0n) is 8.14. The van der Waals surface area contributed by atoms with E-state index in [1.54, 1.807) is 0 Å². The Morgan fingerprint density at radius 1 is 1.25 bits per heavy atom. The Bertz CT molecular complexity index is 493. The lowest BCUT2D eigenvalue weighted by molar-refractivity contribution is 0.214. The summed E-state index contributed by atoms with van der Waals surface area (Å²) in [4.78, 5) is 7.52. The van der Waals surface area contributed by atoms with Crippen molar-refractivity contribution in [3.05, 3.63) is 58.9 Å². The van der Waals surface area contributed by atoms with Crippen LogP contribution in [0.15, 0.2) is 36.9 Å². The average molecular weight is 239 g/mol. The first-order valence-corrected chi connectivity index (χ1v) is 4.94. The monoisotopic (exact) mass is 238 g/mol. The Morgan fingerprint density at radius 3 is 2.56 bits per heavy atom. The van der Waals surface area contributed by atoms with Gasteiger partial charge in [0.15, 0.2) is 0 Å². The van der Waals surface area contributed by atoms with Crippen LogP contribution in [0, 0.1) is 5.82 Å². The fourth-order valence-electron chi connectivity index (χ4n) is 1.35. The molecule has 1 heterocycles. The maximum atomic E-state index is 13.5. The summed E-state index contributed by atoms with van der Waals surface area (Å²) in [5.74, 6) is -0.552. The molecule has 1 aromatic heterocycles. The molecule has 0 fully saturated rings. The lowest BCUT2D eigenvalue weighted by atomic mass is 10.0. The minimum Gasteiger partial charge on any atom is -0.383 e. The number of benzene rings is 1. The molecule has 3 nitrogen and oxygen atoms in total. The van der Waals surface area contributed by atoms with E-state index >= 15 is 0 Å². The average Bonchev–Trinajstić information content (AvgIpc) is 2.29. The van der Waals surface area contributed by atoms with Crippen LogP contribution in [0.25, 0.3) is 0 Å². The van der Waals surface area contributed by atoms with E-state index < -0.39 is 11.9 Å². The molecular weight excluding hydrogens is 231 g/mol. The number of hydrogen-bond acceptors (Lipinski definition) is 3. The molecule has 1 aromatic carbocycles. The molecule has 2 rings (SSSR count). The van der Waals surface area contributed by atoms with Gasteiger partial charge in [0.25, 0.3) is 0 Å². The second-order valence-electron chi connectivity index (χ2n) is 3.24. The molecule has 1 atom stereocenters. The zero-order valence-corrected chi connectivity index (χ0v) is 8.89. The minimum absolute atomic E-state index is 0.152. The Labute approximate surface area is 96.6 Å². The Kier molecular flexibility index (Phi) is 3.12. The Hall–Kier alpha value is -1.52. The Morgan fingerprint density at radius 2 is 1.94 bits per heavy atom. The molecule has 2 aromatic rings. The molecule has 0 radical (unpaired) electrons. The summed E-state index contributed by atoms with van der Waals surface area (Å²) in [6.07, 6.45) is 3.13. The van der Waals surface area contributed by atoms with E-state index in [1.807, 2.05) is 0 Å². The van der Waals surface area contributed by atoms with Crippen molar-refractivity contribution in [3.63, 3.8) is 0 Å². The maximum Gasteiger partial charge on any atom is 0.130 e. The number of rotatable bonds is 2. The number of aromatic nitrogens is 2. The maximum absolute atomic E-state index is 13.5. The van der Waals surface area contributed by atoms with Crippen LogP contribution in [0.2, 0.25) is 5.02 Å². The smallest absolute Gasteiger partial charge is 0.130 e. The molecule has 0 amide bonds. The summed E-state index contributed by atoms with van der Waals surface area (Å²) in [6.45, 7) is 0. The van der Waals surface area contributed by atoms with Gasteiger partial charge in [0, 0.05) is 28.5 Å². The summed E-state index contributed by atoms with van der Waals surface area (Å²) in [6, 6.07) is 4.12. The molecule has 5 heteroatoms. The highest BCUT2D eigenvalue weighted by molar-refractivity contribution is 6.30. The van der Waals surface area contributed by atoms with E-state index in [0.717, 1.165) is 6.07 Å². The molecular formula is C11H8ClFN2O. The highest BCUT2D eigenvalue weighted by Crippen LogP contribution is 2.25. The van der Waals surface area contributed by atoms with Crippen LogP contribution in [0.5, 0.6) is 0 Å². The number of halogens is 2. The third kappa shape index (κ3) is 2.18. The van der Waals surface area contributed by atoms with Gasteiger partial charge >= 0.3 is 0 Å². The van der Waals surface area contributed by atoms with Gasteiger partial charge in [-0.1, -0.05) is 17.7 Å². The van der Waals surface area contributed by atoms with Crippen molar-refractivity contribution < 1.29 is 9.50 Å². The lowest BCUT2D eigenvalue weighted by Gasteiger charge is -2.11. The number of hydrogen-bond donors (Lipinski definition) is 1. The molecule has 0 spiro atoms. The third-order valence-corrected chi connectivity index (χ3v) is 2.39. The van der Waals surface area contributed by atoms with Crippen LogP contribution >= 0.6 is 11.6 Å². The van der Waals surface area contributed by atoms with Crippen molar-refractivity contribution in [3.8, 4) is 0 Å². The van der Waals surface area contributed by atoms with Gasteiger partial charge in [-0.05, 0) is 12.1 Å². The van der Waals surface area contributed by atoms with E-state index in [2.05, 4.69) is 9.97 Å². The predicted molar refractivity (Wildman–Crippen MR) is 57.5 cm³/mol. The normalized spacial score (nSPS) is 12.4. The van der Waals surface area contributed by atoms with Gasteiger partial charge in [-0.15, -0.1) is 0 Å². The SMILES string of the molecule is OC(c1cncnc1)c1ccc(Cl)cc1F. The predicted octanol–water partition coefficient (Wildman–Crippen LogP) is 2.35. The molecule has 0 saturated heterocycles. The summed E-state index contributed by atoms with van der Waals surface area (Å²) >= 11 is 5.62. The van der Waals surface area contributed by atoms with Gasteiger partial charge in [0.2, 0.25) is 0 Å². The molecule has 82 valence electrons. The highest BCUT2D eigenvalue weighted by Gasteiger charge is 2.15. The first kappa shape index (κ1) is 11.0. The van der Waals surface area contributed by atoms with Crippen LogP contribution < -0.4 is 0 Å². The van der Waals surface area contributed by atoms with Crippen molar-refractivity contribution in [2.24, 2.45) is 0 Å². The van der Waals surface area contributed by atoms with Gasteiger partial charge in [0.1, 0.15) is 18.2 Å². The molecule has 1 unspecified atom stereocenters. The van der Waals surface area contributed by atoms with Crippen LogP contribution in [-0.2, 0) is 0 Å². The number of aliphatic hydroxyl groups excluding tert-OH is 1. The van der Waals surface area contributed by atoms with Crippen molar-refractivity contribution in [1.82, 2.24) is 9.97 Å². The topological polar surface area (TPSA) is 46.0 Å². The molecule has 0 aliphatic heterocycles. The van der Waals surface area contributed by atoms with Gasteiger partial charge in [0.05, 0.1) is 0 Å². The van der Waals surface area contributed by atoms with Gasteiger partial charge in [-0.25, -0.2) is 14.4 Å². The van der Waals surface area contributed by atoms with Crippen molar-refractivity contribution in [2.75, 3.05) is 0 Å². The third-order valence-electron chi connectivity index (χ3n) is 2.15. The van der Waals surface area contributed by atoms with Crippen molar-refractivity contribution >= 4 is 11.6 Å². The van der Waals surface area contributed by atoms with Crippen LogP contribution in [0.1, 0.15) is 17.2 Å². The van der Waals surface area contributed by atoms with E-state index in [1.165, 1.54) is 30.9 Å². The van der Waals surface area contributed by atoms with E-state index in [0.29, 0.717) is 5.56 Å². The summed E-state index contributed by atoms with van der Waals surface area (Å²) in [5, 5.41) is 10.2. The van der Waals surface area contributed by atoms with Crippen molar-refractivity contribution in [1.29, 1.82) is 0 Å². The fourth-order valence-corrected chi connectivity index (χ4v) is 1.51. The lowest BCUT2D eigenvalue weighted by Crippen LogP contribution is -2.03. The minimum atomic E-state index is -1.08. The first-order valence-electron chi connectivity index (χ1n) is 4.56. The van der Waals surface area contributed by atoms with Crippen molar-refractivity contribution in [2.45, 2.75) is 6.10 Å². The van der Waals surface area contributed by atoms with E-state index in [4.69, 9.17) is 11.6 Å². The summed E-state index contributed by atoms with van der Waals surface area (Å²) < 4.78 is 13.5. The summed E-state index contributed by atoms with van der Waals surface area (Å²) in [5.41, 5.74) is 0.586. The van der Waals surface area contributed by atoms with E-state index in [-0.39, 0.29) is 10.6 Å². The zero-order chi connectivity index (χ0) is 11.5. The molecule has 1 N–H and O–H groups in total.